The van der Waals surface area contributed by atoms with E-state index in [2.05, 4.69) is 5.32 Å². The first-order chi connectivity index (χ1) is 17.4. The normalized spacial score (nSPS) is 12.0. The number of anilines is 3. The molecule has 5 N–H and O–H groups in total. The Morgan fingerprint density at radius 3 is 2.17 bits per heavy atom. The van der Waals surface area contributed by atoms with Crippen LogP contribution in [0.25, 0.3) is 9.40 Å². The lowest BCUT2D eigenvalue weighted by atomic mass is 10.1. The molecule has 10 nitrogen and oxygen atoms in total. The number of nitrogens with two attached hydrogens (primary N) is 2. The second-order valence-electron chi connectivity index (χ2n) is 7.62. The van der Waals surface area contributed by atoms with Gasteiger partial charge in [-0.05, 0) is 24.3 Å². The van der Waals surface area contributed by atoms with E-state index in [0.29, 0.717) is 59.2 Å². The van der Waals surface area contributed by atoms with Crippen LogP contribution >= 0.6 is 22.7 Å². The predicted octanol–water partition coefficient (Wildman–Crippen LogP) is 4.37. The maximum atomic E-state index is 13.4. The number of ether oxygens (including phenoxy) is 5. The molecule has 0 spiro atoms. The molecule has 0 unspecified atom stereocenters. The number of thiophene rings is 2. The van der Waals surface area contributed by atoms with Crippen LogP contribution in [-0.2, 0) is 0 Å². The lowest BCUT2D eigenvalue weighted by Gasteiger charge is -2.13. The van der Waals surface area contributed by atoms with Gasteiger partial charge in [-0.15, -0.1) is 22.7 Å². The fraction of sp³-hybridized carbons (Fsp3) is 0.167. The molecule has 2 aromatic heterocycles. The molecule has 1 amide bonds. The number of fused-ring (bicyclic) bond motifs is 2. The number of carbonyl (C=O) groups excluding carboxylic acids is 2. The van der Waals surface area contributed by atoms with Gasteiger partial charge in [-0.3, -0.25) is 9.59 Å². The molecule has 3 heterocycles. The summed E-state index contributed by atoms with van der Waals surface area (Å²) in [6.07, 6.45) is 0. The molecular weight excluding hydrogens is 506 g/mol. The molecule has 186 valence electrons. The van der Waals surface area contributed by atoms with Crippen molar-refractivity contribution in [2.45, 2.75) is 0 Å². The summed E-state index contributed by atoms with van der Waals surface area (Å²) in [7, 11) is 4.42. The van der Waals surface area contributed by atoms with Crippen LogP contribution < -0.4 is 40.5 Å². The van der Waals surface area contributed by atoms with Crippen molar-refractivity contribution in [3.63, 3.8) is 0 Å². The zero-order valence-electron chi connectivity index (χ0n) is 19.4. The molecule has 0 radical (unpaired) electrons. The van der Waals surface area contributed by atoms with Crippen molar-refractivity contribution in [3.05, 3.63) is 45.6 Å². The maximum absolute atomic E-state index is 13.4. The van der Waals surface area contributed by atoms with Gasteiger partial charge in [0.2, 0.25) is 18.3 Å². The molecule has 0 bridgehead atoms. The third-order valence-corrected chi connectivity index (χ3v) is 8.09. The van der Waals surface area contributed by atoms with Crippen molar-refractivity contribution >= 4 is 60.8 Å². The molecule has 4 aromatic rings. The Morgan fingerprint density at radius 1 is 0.889 bits per heavy atom. The average Bonchev–Trinajstić information content (AvgIpc) is 3.57. The number of hydrogen-bond acceptors (Lipinski definition) is 11. The Balaban J connectivity index is 1.46. The van der Waals surface area contributed by atoms with Gasteiger partial charge in [0.1, 0.15) is 9.75 Å². The van der Waals surface area contributed by atoms with E-state index >= 15 is 0 Å². The third kappa shape index (κ3) is 3.80. The second-order valence-corrected chi connectivity index (χ2v) is 9.92. The van der Waals surface area contributed by atoms with Gasteiger partial charge < -0.3 is 40.5 Å². The first kappa shape index (κ1) is 23.6. The summed E-state index contributed by atoms with van der Waals surface area (Å²) >= 11 is 2.34. The van der Waals surface area contributed by atoms with Crippen LogP contribution in [-0.4, -0.2) is 39.8 Å². The Hall–Kier alpha value is -4.16. The number of nitrogen functional groups attached to an aromatic ring is 2. The van der Waals surface area contributed by atoms with E-state index in [1.165, 1.54) is 44.0 Å². The molecule has 0 saturated carbocycles. The van der Waals surface area contributed by atoms with Crippen LogP contribution in [0, 0.1) is 0 Å². The minimum atomic E-state index is -0.392. The minimum absolute atomic E-state index is 0.136. The number of carbonyl (C=O) groups is 2. The van der Waals surface area contributed by atoms with E-state index in [1.54, 1.807) is 30.3 Å². The summed E-state index contributed by atoms with van der Waals surface area (Å²) in [5, 5.41) is 3.29. The Labute approximate surface area is 213 Å². The van der Waals surface area contributed by atoms with E-state index in [4.69, 9.17) is 35.2 Å². The number of amides is 1. The highest BCUT2D eigenvalue weighted by atomic mass is 32.2. The van der Waals surface area contributed by atoms with Gasteiger partial charge >= 0.3 is 0 Å². The molecule has 0 atom stereocenters. The quantitative estimate of drug-likeness (QED) is 0.298. The predicted molar refractivity (Wildman–Crippen MR) is 139 cm³/mol. The first-order valence-corrected chi connectivity index (χ1v) is 12.2. The average molecular weight is 528 g/mol. The Kier molecular flexibility index (Phi) is 5.98. The first-order valence-electron chi connectivity index (χ1n) is 10.5. The summed E-state index contributed by atoms with van der Waals surface area (Å²) in [5.74, 6) is 1.51. The molecule has 2 aromatic carbocycles. The van der Waals surface area contributed by atoms with Crippen molar-refractivity contribution in [2.24, 2.45) is 0 Å². The second kappa shape index (κ2) is 9.13. The van der Waals surface area contributed by atoms with Gasteiger partial charge in [0.15, 0.2) is 23.0 Å². The standard InChI is InChI=1S/C24H21N3O7S2/c1-30-14-6-10(7-15(31-2)20(14)32-3)19(28)21-17(25)16-18(26)22(36-24(16)35-21)23(29)27-11-4-5-12-13(8-11)34-9-33-12/h4-8H,9,25-26H2,1-3H3,(H,27,29). The van der Waals surface area contributed by atoms with Crippen LogP contribution in [0.4, 0.5) is 17.1 Å². The van der Waals surface area contributed by atoms with Crippen molar-refractivity contribution < 1.29 is 33.3 Å². The van der Waals surface area contributed by atoms with Gasteiger partial charge in [0, 0.05) is 17.3 Å². The fourth-order valence-corrected chi connectivity index (χ4v) is 6.31. The summed E-state index contributed by atoms with van der Waals surface area (Å²) in [6, 6.07) is 8.22. The minimum Gasteiger partial charge on any atom is -0.493 e. The lowest BCUT2D eigenvalue weighted by molar-refractivity contribution is 0.102. The zero-order chi connectivity index (χ0) is 25.6. The molecule has 12 heteroatoms. The highest BCUT2D eigenvalue weighted by molar-refractivity contribution is 7.40. The number of rotatable bonds is 7. The van der Waals surface area contributed by atoms with E-state index < -0.39 is 5.91 Å². The van der Waals surface area contributed by atoms with Crippen LogP contribution in [0.2, 0.25) is 0 Å². The molecule has 5 rings (SSSR count). The van der Waals surface area contributed by atoms with Crippen molar-refractivity contribution in [1.82, 2.24) is 0 Å². The van der Waals surface area contributed by atoms with Gasteiger partial charge in [0.05, 0.1) is 42.1 Å². The van der Waals surface area contributed by atoms with E-state index in [0.717, 1.165) is 0 Å². The fourth-order valence-electron chi connectivity index (χ4n) is 3.85. The van der Waals surface area contributed by atoms with E-state index in [9.17, 15) is 9.59 Å². The number of methoxy groups -OCH3 is 3. The molecule has 0 aliphatic carbocycles. The molecular formula is C24H21N3O7S2. The molecule has 0 saturated heterocycles. The maximum Gasteiger partial charge on any atom is 0.267 e. The molecule has 1 aliphatic rings. The number of benzene rings is 2. The Bertz CT molecular complexity index is 1500. The van der Waals surface area contributed by atoms with Crippen LogP contribution in [0.15, 0.2) is 30.3 Å². The van der Waals surface area contributed by atoms with E-state index in [-0.39, 0.29) is 24.0 Å². The summed E-state index contributed by atoms with van der Waals surface area (Å²) in [4.78, 5) is 26.9. The topological polar surface area (TPSA) is 144 Å². The van der Waals surface area contributed by atoms with Crippen LogP contribution in [0.1, 0.15) is 24.9 Å². The summed E-state index contributed by atoms with van der Waals surface area (Å²) in [5.41, 5.74) is 14.0. The highest BCUT2D eigenvalue weighted by Gasteiger charge is 2.27. The summed E-state index contributed by atoms with van der Waals surface area (Å²) in [6.45, 7) is 0.136. The monoisotopic (exact) mass is 527 g/mol. The number of ketones is 1. The lowest BCUT2D eigenvalue weighted by Crippen LogP contribution is -2.12. The van der Waals surface area contributed by atoms with Crippen molar-refractivity contribution in [3.8, 4) is 28.7 Å². The highest BCUT2D eigenvalue weighted by Crippen LogP contribution is 2.46. The van der Waals surface area contributed by atoms with Crippen LogP contribution in [0.5, 0.6) is 28.7 Å². The Morgan fingerprint density at radius 2 is 1.53 bits per heavy atom. The van der Waals surface area contributed by atoms with Crippen molar-refractivity contribution in [1.29, 1.82) is 0 Å². The van der Waals surface area contributed by atoms with Crippen molar-refractivity contribution in [2.75, 3.05) is 44.9 Å². The van der Waals surface area contributed by atoms with Gasteiger partial charge in [-0.2, -0.15) is 0 Å². The zero-order valence-corrected chi connectivity index (χ0v) is 21.1. The smallest absolute Gasteiger partial charge is 0.267 e. The molecule has 36 heavy (non-hydrogen) atoms. The number of nitrogens with one attached hydrogen (secondary N) is 1. The van der Waals surface area contributed by atoms with E-state index in [1.807, 2.05) is 0 Å². The number of hydrogen-bond donors (Lipinski definition) is 3. The molecule has 1 aliphatic heterocycles. The molecule has 0 fully saturated rings. The van der Waals surface area contributed by atoms with Gasteiger partial charge in [-0.1, -0.05) is 0 Å². The summed E-state index contributed by atoms with van der Waals surface area (Å²) < 4.78 is 27.3. The van der Waals surface area contributed by atoms with Gasteiger partial charge in [-0.25, -0.2) is 0 Å². The SMILES string of the molecule is COc1cc(C(=O)c2sc3sc(C(=O)Nc4ccc5c(c4)OCO5)c(N)c3c2N)cc(OC)c1OC. The largest absolute Gasteiger partial charge is 0.493 e. The van der Waals surface area contributed by atoms with Gasteiger partial charge in [0.25, 0.3) is 5.91 Å². The third-order valence-electron chi connectivity index (χ3n) is 5.59. The van der Waals surface area contributed by atoms with Crippen LogP contribution in [0.3, 0.4) is 0 Å².